The molecule has 8 nitrogen and oxygen atoms in total. The van der Waals surface area contributed by atoms with E-state index in [2.05, 4.69) is 36.5 Å². The number of fused-ring (bicyclic) bond motifs is 1. The van der Waals surface area contributed by atoms with Gasteiger partial charge in [0.1, 0.15) is 0 Å². The average Bonchev–Trinajstić information content (AvgIpc) is 3.32. The van der Waals surface area contributed by atoms with Crippen LogP contribution in [0.1, 0.15) is 18.5 Å². The summed E-state index contributed by atoms with van der Waals surface area (Å²) in [5.41, 5.74) is 4.99. The molecule has 0 unspecified atom stereocenters. The van der Waals surface area contributed by atoms with Gasteiger partial charge in [-0.1, -0.05) is 12.1 Å². The molecule has 0 bridgehead atoms. The Kier molecular flexibility index (Phi) is 5.73. The molecule has 3 aromatic rings. The van der Waals surface area contributed by atoms with Crippen LogP contribution in [0.3, 0.4) is 0 Å². The van der Waals surface area contributed by atoms with Crippen molar-refractivity contribution in [3.05, 3.63) is 40.8 Å². The van der Waals surface area contributed by atoms with Crippen LogP contribution in [0.15, 0.2) is 35.2 Å². The normalized spacial score (nSPS) is 15.7. The van der Waals surface area contributed by atoms with Gasteiger partial charge in [-0.3, -0.25) is 0 Å². The van der Waals surface area contributed by atoms with Crippen molar-refractivity contribution in [3.8, 4) is 0 Å². The van der Waals surface area contributed by atoms with Gasteiger partial charge in [0.15, 0.2) is 0 Å². The van der Waals surface area contributed by atoms with Crippen molar-refractivity contribution in [1.82, 2.24) is 24.8 Å². The summed E-state index contributed by atoms with van der Waals surface area (Å²) in [5.74, 6) is 0.889. The summed E-state index contributed by atoms with van der Waals surface area (Å²) in [6, 6.07) is 8.54. The van der Waals surface area contributed by atoms with E-state index in [1.54, 1.807) is 11.3 Å². The van der Waals surface area contributed by atoms with Crippen molar-refractivity contribution in [2.75, 3.05) is 31.5 Å². The summed E-state index contributed by atoms with van der Waals surface area (Å²) in [7, 11) is 0. The Balaban J connectivity index is 1.41. The molecule has 0 atom stereocenters. The third-order valence-corrected chi connectivity index (χ3v) is 5.72. The maximum Gasteiger partial charge on any atom is 0.404 e. The van der Waals surface area contributed by atoms with Crippen LogP contribution in [0, 0.1) is 0 Å². The fraction of sp³-hybridized carbons (Fsp3) is 0.421. The number of carboxylic acid groups (broad SMARTS) is 1. The van der Waals surface area contributed by atoms with Gasteiger partial charge in [0.25, 0.3) is 0 Å². The number of aromatic nitrogens is 3. The number of nitrogens with zero attached hydrogens (tertiary/aromatic N) is 4. The fourth-order valence-corrected chi connectivity index (χ4v) is 4.18. The lowest BCUT2D eigenvalue weighted by Crippen LogP contribution is -2.42. The lowest BCUT2D eigenvalue weighted by atomic mass is 10.1. The zero-order valence-corrected chi connectivity index (χ0v) is 16.4. The van der Waals surface area contributed by atoms with E-state index in [4.69, 9.17) is 10.1 Å². The minimum absolute atomic E-state index is 0.356. The van der Waals surface area contributed by atoms with Crippen LogP contribution >= 0.6 is 11.3 Å². The van der Waals surface area contributed by atoms with Crippen LogP contribution < -0.4 is 10.6 Å². The molecule has 1 aliphatic heterocycles. The second-order valence-corrected chi connectivity index (χ2v) is 7.70. The van der Waals surface area contributed by atoms with Gasteiger partial charge in [-0.15, -0.1) is 11.3 Å². The molecular weight excluding hydrogens is 376 g/mol. The summed E-state index contributed by atoms with van der Waals surface area (Å²) in [4.78, 5) is 22.1. The van der Waals surface area contributed by atoms with Crippen molar-refractivity contribution < 1.29 is 9.90 Å². The first kappa shape index (κ1) is 18.7. The van der Waals surface area contributed by atoms with Gasteiger partial charge in [0.2, 0.25) is 5.95 Å². The van der Waals surface area contributed by atoms with Crippen molar-refractivity contribution >= 4 is 34.4 Å². The predicted molar refractivity (Wildman–Crippen MR) is 110 cm³/mol. The minimum Gasteiger partial charge on any atom is -0.465 e. The number of likely N-dealkylation sites (tertiary alicyclic amines) is 1. The number of piperidine rings is 1. The molecule has 0 radical (unpaired) electrons. The summed E-state index contributed by atoms with van der Waals surface area (Å²) in [5, 5.41) is 16.8. The predicted octanol–water partition coefficient (Wildman–Crippen LogP) is 2.69. The summed E-state index contributed by atoms with van der Waals surface area (Å²) in [6.07, 6.45) is 1.05. The van der Waals surface area contributed by atoms with Crippen molar-refractivity contribution in [3.63, 3.8) is 0 Å². The molecular formula is C19H24N6O2S. The Morgan fingerprint density at radius 1 is 1.29 bits per heavy atom. The quantitative estimate of drug-likeness (QED) is 0.564. The number of hydrogen-bond donors (Lipinski definition) is 3. The van der Waals surface area contributed by atoms with Crippen LogP contribution in [0.4, 0.5) is 10.7 Å². The molecule has 0 saturated carbocycles. The molecule has 1 amide bonds. The number of benzene rings is 1. The number of para-hydroxylation sites is 2. The minimum atomic E-state index is -0.962. The number of rotatable bonds is 7. The topological polar surface area (TPSA) is 95.3 Å². The van der Waals surface area contributed by atoms with Gasteiger partial charge in [0, 0.05) is 37.6 Å². The second kappa shape index (κ2) is 8.57. The number of hydrogen-bond acceptors (Lipinski definition) is 6. The highest BCUT2D eigenvalue weighted by atomic mass is 32.1. The standard InChI is InChI=1S/C19H24N6O2S/c26-19(27)20-7-10-24-8-5-14(6-9-24)22-18-23-16-3-1-2-4-17(16)25(18)11-15-12-28-13-21-15/h1-4,12-14,20H,5-11H2,(H,22,23)(H,26,27). The number of carbonyl (C=O) groups is 1. The molecule has 9 heteroatoms. The zero-order chi connectivity index (χ0) is 19.3. The first-order chi connectivity index (χ1) is 13.7. The molecule has 3 heterocycles. The van der Waals surface area contributed by atoms with Gasteiger partial charge in [-0.2, -0.15) is 0 Å². The number of amides is 1. The van der Waals surface area contributed by atoms with Crippen LogP contribution in [-0.4, -0.2) is 62.9 Å². The lowest BCUT2D eigenvalue weighted by molar-refractivity contribution is 0.186. The molecule has 0 aliphatic carbocycles. The van der Waals surface area contributed by atoms with Crippen LogP contribution in [0.2, 0.25) is 0 Å². The highest BCUT2D eigenvalue weighted by molar-refractivity contribution is 7.07. The van der Waals surface area contributed by atoms with Crippen molar-refractivity contribution in [1.29, 1.82) is 0 Å². The monoisotopic (exact) mass is 400 g/mol. The molecule has 1 aliphatic rings. The van der Waals surface area contributed by atoms with E-state index < -0.39 is 6.09 Å². The fourth-order valence-electron chi connectivity index (χ4n) is 3.63. The van der Waals surface area contributed by atoms with Gasteiger partial charge < -0.3 is 25.2 Å². The summed E-state index contributed by atoms with van der Waals surface area (Å²) < 4.78 is 2.20. The van der Waals surface area contributed by atoms with Crippen molar-refractivity contribution in [2.45, 2.75) is 25.4 Å². The Labute approximate surface area is 167 Å². The van der Waals surface area contributed by atoms with Crippen LogP contribution in [0.25, 0.3) is 11.0 Å². The Hall–Kier alpha value is -2.65. The Bertz CT molecular complexity index is 918. The number of anilines is 1. The van der Waals surface area contributed by atoms with E-state index in [1.165, 1.54) is 0 Å². The third kappa shape index (κ3) is 4.42. The zero-order valence-electron chi connectivity index (χ0n) is 15.5. The highest BCUT2D eigenvalue weighted by Gasteiger charge is 2.21. The number of imidazole rings is 1. The number of thiazole rings is 1. The van der Waals surface area contributed by atoms with Gasteiger partial charge >= 0.3 is 6.09 Å². The molecule has 148 valence electrons. The number of nitrogens with one attached hydrogen (secondary N) is 2. The molecule has 1 fully saturated rings. The van der Waals surface area contributed by atoms with E-state index in [9.17, 15) is 4.79 Å². The molecule has 3 N–H and O–H groups in total. The van der Waals surface area contributed by atoms with Crippen LogP contribution in [0.5, 0.6) is 0 Å². The average molecular weight is 401 g/mol. The maximum absolute atomic E-state index is 10.6. The maximum atomic E-state index is 10.6. The smallest absolute Gasteiger partial charge is 0.404 e. The third-order valence-electron chi connectivity index (χ3n) is 5.08. The van der Waals surface area contributed by atoms with E-state index in [1.807, 2.05) is 23.7 Å². The lowest BCUT2D eigenvalue weighted by Gasteiger charge is -2.32. The Morgan fingerprint density at radius 3 is 2.86 bits per heavy atom. The van der Waals surface area contributed by atoms with Gasteiger partial charge in [-0.25, -0.2) is 14.8 Å². The summed E-state index contributed by atoms with van der Waals surface area (Å²) in [6.45, 7) is 3.82. The Morgan fingerprint density at radius 2 is 2.11 bits per heavy atom. The van der Waals surface area contributed by atoms with Gasteiger partial charge in [-0.05, 0) is 25.0 Å². The molecule has 0 spiro atoms. The van der Waals surface area contributed by atoms with Crippen LogP contribution in [-0.2, 0) is 6.54 Å². The van der Waals surface area contributed by atoms with Crippen molar-refractivity contribution in [2.24, 2.45) is 0 Å². The molecule has 2 aromatic heterocycles. The first-order valence-electron chi connectivity index (χ1n) is 9.47. The molecule has 1 aromatic carbocycles. The van der Waals surface area contributed by atoms with E-state index in [0.717, 1.165) is 55.2 Å². The highest BCUT2D eigenvalue weighted by Crippen LogP contribution is 2.23. The van der Waals surface area contributed by atoms with Gasteiger partial charge in [0.05, 0.1) is 28.8 Å². The second-order valence-electron chi connectivity index (χ2n) is 6.98. The molecule has 4 rings (SSSR count). The summed E-state index contributed by atoms with van der Waals surface area (Å²) >= 11 is 1.60. The molecule has 28 heavy (non-hydrogen) atoms. The van der Waals surface area contributed by atoms with E-state index in [-0.39, 0.29) is 0 Å². The van der Waals surface area contributed by atoms with E-state index in [0.29, 0.717) is 19.1 Å². The molecule has 1 saturated heterocycles. The largest absolute Gasteiger partial charge is 0.465 e. The SMILES string of the molecule is O=C(O)NCCN1CCC(Nc2nc3ccccc3n2Cc2cscn2)CC1. The first-order valence-corrected chi connectivity index (χ1v) is 10.4. The van der Waals surface area contributed by atoms with E-state index >= 15 is 0 Å².